The Balaban J connectivity index is 2.14. The first-order valence-electron chi connectivity index (χ1n) is 6.74. The fourth-order valence-corrected chi connectivity index (χ4v) is 4.17. The quantitative estimate of drug-likeness (QED) is 0.534. The van der Waals surface area contributed by atoms with Gasteiger partial charge < -0.3 is 4.90 Å². The highest BCUT2D eigenvalue weighted by atomic mass is 35.5. The van der Waals surface area contributed by atoms with Crippen molar-refractivity contribution < 1.29 is 13.2 Å². The molecular weight excluding hydrogens is 363 g/mol. The van der Waals surface area contributed by atoms with Crippen molar-refractivity contribution >= 4 is 39.1 Å². The first-order chi connectivity index (χ1) is 10.7. The summed E-state index contributed by atoms with van der Waals surface area (Å²) in [5.41, 5.74) is 0. The Kier molecular flexibility index (Phi) is 5.17. The summed E-state index contributed by atoms with van der Waals surface area (Å²) in [6.07, 6.45) is 4.56. The van der Waals surface area contributed by atoms with Crippen LogP contribution in [-0.2, 0) is 9.84 Å². The van der Waals surface area contributed by atoms with Gasteiger partial charge in [-0.25, -0.2) is 18.2 Å². The molecule has 1 aromatic heterocycles. The number of nitrogens with zero attached hydrogens (tertiary/aromatic N) is 4. The minimum absolute atomic E-state index is 0.249. The fraction of sp³-hybridized carbons (Fsp3) is 0.462. The lowest BCUT2D eigenvalue weighted by Gasteiger charge is -2.17. The van der Waals surface area contributed by atoms with Gasteiger partial charge in [-0.05, 0) is 6.42 Å². The van der Waals surface area contributed by atoms with Gasteiger partial charge in [-0.15, -0.1) is 41.5 Å². The van der Waals surface area contributed by atoms with Crippen LogP contribution in [-0.4, -0.2) is 57.3 Å². The SMILES string of the molecule is C=CCN(CC=C)C(=O)n1cnc(S(=O)(=O)CC2CC2(Cl)Cl)n1. The summed E-state index contributed by atoms with van der Waals surface area (Å²) in [7, 11) is -3.75. The number of sulfone groups is 1. The standard InChI is InChI=1S/C13H16Cl2N4O3S/c1-3-5-18(6-4-2)12(20)19-9-16-11(17-19)23(21,22)8-10-7-13(10,14)15/h3-4,9-10H,1-2,5-8H2. The lowest BCUT2D eigenvalue weighted by Crippen LogP contribution is -2.35. The molecule has 2 rings (SSSR count). The van der Waals surface area contributed by atoms with E-state index in [1.54, 1.807) is 12.2 Å². The number of hydrogen-bond acceptors (Lipinski definition) is 5. The molecule has 0 N–H and O–H groups in total. The van der Waals surface area contributed by atoms with E-state index < -0.39 is 25.4 Å². The van der Waals surface area contributed by atoms with Gasteiger partial charge in [0.2, 0.25) is 9.84 Å². The third kappa shape index (κ3) is 4.13. The minimum Gasteiger partial charge on any atom is -0.315 e. The largest absolute Gasteiger partial charge is 0.346 e. The van der Waals surface area contributed by atoms with Crippen LogP contribution < -0.4 is 0 Å². The smallest absolute Gasteiger partial charge is 0.315 e. The summed E-state index contributed by atoms with van der Waals surface area (Å²) in [4.78, 5) is 17.4. The van der Waals surface area contributed by atoms with Gasteiger partial charge in [0, 0.05) is 19.0 Å². The van der Waals surface area contributed by atoms with Crippen molar-refractivity contribution in [3.8, 4) is 0 Å². The van der Waals surface area contributed by atoms with Gasteiger partial charge in [0.05, 0.1) is 5.75 Å². The molecule has 0 aromatic carbocycles. The van der Waals surface area contributed by atoms with Gasteiger partial charge in [-0.1, -0.05) is 12.2 Å². The third-order valence-corrected chi connectivity index (χ3v) is 5.80. The molecule has 1 aromatic rings. The predicted molar refractivity (Wildman–Crippen MR) is 87.4 cm³/mol. The molecule has 1 atom stereocenters. The second kappa shape index (κ2) is 6.62. The Morgan fingerprint density at radius 1 is 1.43 bits per heavy atom. The number of alkyl halides is 2. The first kappa shape index (κ1) is 18.0. The topological polar surface area (TPSA) is 85.2 Å². The summed E-state index contributed by atoms with van der Waals surface area (Å²) in [5.74, 6) is -0.599. The summed E-state index contributed by atoms with van der Waals surface area (Å²) < 4.78 is 24.3. The molecule has 0 saturated heterocycles. The normalized spacial score (nSPS) is 19.1. The lowest BCUT2D eigenvalue weighted by atomic mass is 10.5. The number of carbonyl (C=O) groups excluding carboxylic acids is 1. The van der Waals surface area contributed by atoms with Crippen LogP contribution in [0.5, 0.6) is 0 Å². The monoisotopic (exact) mass is 378 g/mol. The maximum Gasteiger partial charge on any atom is 0.346 e. The zero-order chi connectivity index (χ0) is 17.3. The second-order valence-corrected chi connectivity index (χ2v) is 8.65. The van der Waals surface area contributed by atoms with E-state index in [9.17, 15) is 13.2 Å². The van der Waals surface area contributed by atoms with Crippen LogP contribution in [0.1, 0.15) is 6.42 Å². The van der Waals surface area contributed by atoms with E-state index in [1.165, 1.54) is 4.90 Å². The molecule has 1 unspecified atom stereocenters. The molecule has 10 heteroatoms. The van der Waals surface area contributed by atoms with Gasteiger partial charge >= 0.3 is 6.03 Å². The van der Waals surface area contributed by atoms with Crippen LogP contribution in [0.25, 0.3) is 0 Å². The van der Waals surface area contributed by atoms with Gasteiger partial charge in [0.1, 0.15) is 10.7 Å². The van der Waals surface area contributed by atoms with E-state index in [2.05, 4.69) is 23.2 Å². The molecule has 126 valence electrons. The van der Waals surface area contributed by atoms with Crippen LogP contribution in [0.4, 0.5) is 4.79 Å². The van der Waals surface area contributed by atoms with E-state index in [-0.39, 0.29) is 24.8 Å². The molecule has 1 heterocycles. The van der Waals surface area contributed by atoms with Crippen molar-refractivity contribution in [1.29, 1.82) is 0 Å². The zero-order valence-corrected chi connectivity index (χ0v) is 14.6. The van der Waals surface area contributed by atoms with Crippen molar-refractivity contribution in [3.63, 3.8) is 0 Å². The first-order valence-corrected chi connectivity index (χ1v) is 9.15. The average molecular weight is 379 g/mol. The Bertz CT molecular complexity index is 719. The number of amides is 1. The molecule has 1 amide bonds. The van der Waals surface area contributed by atoms with E-state index in [0.29, 0.717) is 6.42 Å². The molecule has 1 aliphatic rings. The van der Waals surface area contributed by atoms with Crippen LogP contribution in [0.3, 0.4) is 0 Å². The second-order valence-electron chi connectivity index (χ2n) is 5.18. The molecule has 0 radical (unpaired) electrons. The van der Waals surface area contributed by atoms with Crippen molar-refractivity contribution in [2.45, 2.75) is 15.9 Å². The van der Waals surface area contributed by atoms with Crippen LogP contribution >= 0.6 is 23.2 Å². The summed E-state index contributed by atoms with van der Waals surface area (Å²) in [5, 5.41) is 3.35. The van der Waals surface area contributed by atoms with Crippen molar-refractivity contribution in [2.24, 2.45) is 5.92 Å². The molecule has 1 saturated carbocycles. The number of aromatic nitrogens is 3. The Morgan fingerprint density at radius 2 is 2.00 bits per heavy atom. The van der Waals surface area contributed by atoms with E-state index in [0.717, 1.165) is 11.0 Å². The average Bonchev–Trinajstić information content (AvgIpc) is 2.91. The molecule has 1 aliphatic carbocycles. The van der Waals surface area contributed by atoms with Crippen molar-refractivity contribution in [1.82, 2.24) is 19.7 Å². The minimum atomic E-state index is -3.75. The number of carbonyl (C=O) groups is 1. The molecular formula is C13H16Cl2N4O3S. The molecule has 7 nitrogen and oxygen atoms in total. The zero-order valence-electron chi connectivity index (χ0n) is 12.2. The molecule has 23 heavy (non-hydrogen) atoms. The van der Waals surface area contributed by atoms with Crippen molar-refractivity contribution in [2.75, 3.05) is 18.8 Å². The van der Waals surface area contributed by atoms with Gasteiger partial charge in [-0.2, -0.15) is 4.68 Å². The maximum atomic E-state index is 12.3. The number of rotatable bonds is 7. The van der Waals surface area contributed by atoms with Crippen LogP contribution in [0.15, 0.2) is 36.8 Å². The Morgan fingerprint density at radius 3 is 2.48 bits per heavy atom. The highest BCUT2D eigenvalue weighted by Gasteiger charge is 2.53. The molecule has 0 aliphatic heterocycles. The third-order valence-electron chi connectivity index (χ3n) is 3.29. The lowest BCUT2D eigenvalue weighted by molar-refractivity contribution is 0.206. The molecule has 0 spiro atoms. The van der Waals surface area contributed by atoms with Gasteiger partial charge in [-0.3, -0.25) is 0 Å². The number of hydrogen-bond donors (Lipinski definition) is 0. The van der Waals surface area contributed by atoms with Crippen molar-refractivity contribution in [3.05, 3.63) is 31.6 Å². The molecule has 1 fully saturated rings. The van der Waals surface area contributed by atoms with E-state index in [1.807, 2.05) is 0 Å². The highest BCUT2D eigenvalue weighted by molar-refractivity contribution is 7.91. The summed E-state index contributed by atoms with van der Waals surface area (Å²) in [6.45, 7) is 7.67. The van der Waals surface area contributed by atoms with Crippen LogP contribution in [0, 0.1) is 5.92 Å². The van der Waals surface area contributed by atoms with E-state index >= 15 is 0 Å². The van der Waals surface area contributed by atoms with Gasteiger partial charge in [0.25, 0.3) is 5.16 Å². The summed E-state index contributed by atoms with van der Waals surface area (Å²) >= 11 is 11.7. The molecule has 0 bridgehead atoms. The fourth-order valence-electron chi connectivity index (χ4n) is 1.96. The van der Waals surface area contributed by atoms with Gasteiger partial charge in [0.15, 0.2) is 0 Å². The maximum absolute atomic E-state index is 12.3. The Hall–Kier alpha value is -1.38. The predicted octanol–water partition coefficient (Wildman–Crippen LogP) is 1.89. The summed E-state index contributed by atoms with van der Waals surface area (Å²) in [6, 6.07) is -0.519. The number of halogens is 2. The Labute approximate surface area is 144 Å². The highest BCUT2D eigenvalue weighted by Crippen LogP contribution is 2.53. The van der Waals surface area contributed by atoms with E-state index in [4.69, 9.17) is 23.2 Å². The van der Waals surface area contributed by atoms with Crippen LogP contribution in [0.2, 0.25) is 0 Å².